The zero-order valence-corrected chi connectivity index (χ0v) is 10.6. The Kier molecular flexibility index (Phi) is 4.47. The van der Waals surface area contributed by atoms with E-state index in [4.69, 9.17) is 5.11 Å². The van der Waals surface area contributed by atoms with Gasteiger partial charge >= 0.3 is 5.97 Å². The van der Waals surface area contributed by atoms with Crippen molar-refractivity contribution in [3.05, 3.63) is 35.4 Å². The Balaban J connectivity index is 2.08. The molecule has 1 heterocycles. The number of aliphatic carboxylic acids is 1. The van der Waals surface area contributed by atoms with Crippen LogP contribution in [0.2, 0.25) is 0 Å². The van der Waals surface area contributed by atoms with E-state index in [2.05, 4.69) is 0 Å². The normalized spacial score (nSPS) is 20.4. The lowest BCUT2D eigenvalue weighted by molar-refractivity contribution is -0.138. The molecule has 5 heteroatoms. The summed E-state index contributed by atoms with van der Waals surface area (Å²) in [5.74, 6) is -2.02. The summed E-state index contributed by atoms with van der Waals surface area (Å²) in [5, 5.41) is 8.89. The van der Waals surface area contributed by atoms with Crippen LogP contribution in [0.3, 0.4) is 0 Å². The van der Waals surface area contributed by atoms with E-state index in [-0.39, 0.29) is 12.5 Å². The molecule has 1 unspecified atom stereocenters. The van der Waals surface area contributed by atoms with E-state index in [9.17, 15) is 13.6 Å². The van der Waals surface area contributed by atoms with Gasteiger partial charge in [0.15, 0.2) is 0 Å². The predicted molar refractivity (Wildman–Crippen MR) is 66.7 cm³/mol. The molecule has 0 radical (unpaired) electrons. The van der Waals surface area contributed by atoms with E-state index >= 15 is 0 Å². The van der Waals surface area contributed by atoms with Crippen LogP contribution in [0.15, 0.2) is 18.2 Å². The third kappa shape index (κ3) is 3.99. The van der Waals surface area contributed by atoms with Crippen molar-refractivity contribution in [3.8, 4) is 0 Å². The first kappa shape index (κ1) is 13.9. The van der Waals surface area contributed by atoms with E-state index in [1.807, 2.05) is 4.90 Å². The summed E-state index contributed by atoms with van der Waals surface area (Å²) in [6.07, 6.45) is 2.90. The number of hydrogen-bond donors (Lipinski definition) is 1. The molecule has 1 aliphatic rings. The van der Waals surface area contributed by atoms with Gasteiger partial charge in [-0.25, -0.2) is 8.78 Å². The molecular formula is C14H17F2NO2. The Labute approximate surface area is 110 Å². The maximum Gasteiger partial charge on any atom is 0.304 e. The fourth-order valence-electron chi connectivity index (χ4n) is 2.64. The Bertz CT molecular complexity index is 445. The van der Waals surface area contributed by atoms with E-state index in [1.54, 1.807) is 0 Å². The van der Waals surface area contributed by atoms with Crippen molar-refractivity contribution in [2.24, 2.45) is 0 Å². The quantitative estimate of drug-likeness (QED) is 0.913. The van der Waals surface area contributed by atoms with Gasteiger partial charge < -0.3 is 5.11 Å². The van der Waals surface area contributed by atoms with Crippen LogP contribution in [0, 0.1) is 11.6 Å². The number of halogens is 2. The average molecular weight is 269 g/mol. The Hall–Kier alpha value is -1.49. The summed E-state index contributed by atoms with van der Waals surface area (Å²) < 4.78 is 26.3. The second-order valence-corrected chi connectivity index (χ2v) is 5.00. The lowest BCUT2D eigenvalue weighted by Crippen LogP contribution is -2.40. The average Bonchev–Trinajstić information content (AvgIpc) is 2.29. The zero-order valence-electron chi connectivity index (χ0n) is 10.6. The number of carboxylic acid groups (broad SMARTS) is 1. The van der Waals surface area contributed by atoms with Crippen molar-refractivity contribution < 1.29 is 18.7 Å². The summed E-state index contributed by atoms with van der Waals surface area (Å²) in [6, 6.07) is 3.40. The summed E-state index contributed by atoms with van der Waals surface area (Å²) >= 11 is 0. The van der Waals surface area contributed by atoms with E-state index < -0.39 is 17.6 Å². The number of benzene rings is 1. The van der Waals surface area contributed by atoms with Crippen molar-refractivity contribution in [2.45, 2.75) is 38.3 Å². The van der Waals surface area contributed by atoms with Gasteiger partial charge in [0.25, 0.3) is 0 Å². The van der Waals surface area contributed by atoms with Gasteiger partial charge in [-0.2, -0.15) is 0 Å². The van der Waals surface area contributed by atoms with Crippen LogP contribution in [-0.2, 0) is 11.3 Å². The van der Waals surface area contributed by atoms with Gasteiger partial charge in [0.05, 0.1) is 6.42 Å². The van der Waals surface area contributed by atoms with Crippen LogP contribution in [0.5, 0.6) is 0 Å². The molecule has 1 saturated heterocycles. The highest BCUT2D eigenvalue weighted by molar-refractivity contribution is 5.67. The minimum atomic E-state index is -0.831. The van der Waals surface area contributed by atoms with E-state index in [0.717, 1.165) is 31.9 Å². The summed E-state index contributed by atoms with van der Waals surface area (Å²) in [4.78, 5) is 12.8. The first-order valence-electron chi connectivity index (χ1n) is 6.45. The molecule has 0 amide bonds. The van der Waals surface area contributed by atoms with Crippen LogP contribution >= 0.6 is 0 Å². The third-order valence-electron chi connectivity index (χ3n) is 3.47. The first-order chi connectivity index (χ1) is 9.04. The topological polar surface area (TPSA) is 40.5 Å². The third-order valence-corrected chi connectivity index (χ3v) is 3.47. The number of piperidine rings is 1. The molecule has 1 fully saturated rings. The molecule has 1 aromatic carbocycles. The highest BCUT2D eigenvalue weighted by Crippen LogP contribution is 2.22. The maximum absolute atomic E-state index is 13.1. The maximum atomic E-state index is 13.1. The standard InChI is InChI=1S/C14H17F2NO2/c15-11-5-10(6-12(16)7-11)9-17-4-2-1-3-13(17)8-14(18)19/h5-7,13H,1-4,8-9H2,(H,18,19). The van der Waals surface area contributed by atoms with E-state index in [0.29, 0.717) is 12.1 Å². The molecule has 0 spiro atoms. The summed E-state index contributed by atoms with van der Waals surface area (Å²) in [5.41, 5.74) is 0.551. The second-order valence-electron chi connectivity index (χ2n) is 5.00. The second kappa shape index (κ2) is 6.10. The first-order valence-corrected chi connectivity index (χ1v) is 6.45. The van der Waals surface area contributed by atoms with Crippen LogP contribution in [0.1, 0.15) is 31.2 Å². The van der Waals surface area contributed by atoms with Gasteiger partial charge in [-0.3, -0.25) is 9.69 Å². The van der Waals surface area contributed by atoms with Gasteiger partial charge in [0, 0.05) is 18.7 Å². The lowest BCUT2D eigenvalue weighted by atomic mass is 9.98. The van der Waals surface area contributed by atoms with Gasteiger partial charge in [0.1, 0.15) is 11.6 Å². The number of carbonyl (C=O) groups is 1. The van der Waals surface area contributed by atoms with Crippen LogP contribution in [-0.4, -0.2) is 28.6 Å². The van der Waals surface area contributed by atoms with E-state index in [1.165, 1.54) is 12.1 Å². The number of hydrogen-bond acceptors (Lipinski definition) is 2. The SMILES string of the molecule is O=C(O)CC1CCCCN1Cc1cc(F)cc(F)c1. The molecular weight excluding hydrogens is 252 g/mol. The van der Waals surface area contributed by atoms with Crippen LogP contribution in [0.4, 0.5) is 8.78 Å². The Morgan fingerprint density at radius 1 is 1.26 bits per heavy atom. The number of carboxylic acids is 1. The molecule has 0 bridgehead atoms. The van der Waals surface area contributed by atoms with Crippen molar-refractivity contribution in [3.63, 3.8) is 0 Å². The summed E-state index contributed by atoms with van der Waals surface area (Å²) in [7, 11) is 0. The largest absolute Gasteiger partial charge is 0.481 e. The van der Waals surface area contributed by atoms with Gasteiger partial charge in [-0.15, -0.1) is 0 Å². The molecule has 1 aliphatic heterocycles. The van der Waals surface area contributed by atoms with Crippen LogP contribution < -0.4 is 0 Å². The van der Waals surface area contributed by atoms with Gasteiger partial charge in [0.2, 0.25) is 0 Å². The van der Waals surface area contributed by atoms with Gasteiger partial charge in [-0.05, 0) is 37.1 Å². The molecule has 19 heavy (non-hydrogen) atoms. The Morgan fingerprint density at radius 2 is 1.95 bits per heavy atom. The van der Waals surface area contributed by atoms with Gasteiger partial charge in [-0.1, -0.05) is 6.42 Å². The smallest absolute Gasteiger partial charge is 0.304 e. The highest BCUT2D eigenvalue weighted by Gasteiger charge is 2.24. The fourth-order valence-corrected chi connectivity index (χ4v) is 2.64. The summed E-state index contributed by atoms with van der Waals surface area (Å²) in [6.45, 7) is 1.17. The minimum absolute atomic E-state index is 0.0439. The molecule has 0 saturated carbocycles. The molecule has 3 nitrogen and oxygen atoms in total. The monoisotopic (exact) mass is 269 g/mol. The molecule has 104 valence electrons. The Morgan fingerprint density at radius 3 is 2.58 bits per heavy atom. The number of rotatable bonds is 4. The molecule has 0 aromatic heterocycles. The van der Waals surface area contributed by atoms with Crippen molar-refractivity contribution in [2.75, 3.05) is 6.54 Å². The fraction of sp³-hybridized carbons (Fsp3) is 0.500. The van der Waals surface area contributed by atoms with Crippen LogP contribution in [0.25, 0.3) is 0 Å². The van der Waals surface area contributed by atoms with Crippen molar-refractivity contribution >= 4 is 5.97 Å². The molecule has 1 aromatic rings. The molecule has 2 rings (SSSR count). The molecule has 1 atom stereocenters. The predicted octanol–water partition coefficient (Wildman–Crippen LogP) is 2.79. The number of likely N-dealkylation sites (tertiary alicyclic amines) is 1. The van der Waals surface area contributed by atoms with Crippen molar-refractivity contribution in [1.82, 2.24) is 4.90 Å². The lowest BCUT2D eigenvalue weighted by Gasteiger charge is -2.34. The molecule has 0 aliphatic carbocycles. The minimum Gasteiger partial charge on any atom is -0.481 e. The zero-order chi connectivity index (χ0) is 13.8. The van der Waals surface area contributed by atoms with Crippen molar-refractivity contribution in [1.29, 1.82) is 0 Å². The molecule has 1 N–H and O–H groups in total. The highest BCUT2D eigenvalue weighted by atomic mass is 19.1. The number of nitrogens with zero attached hydrogens (tertiary/aromatic N) is 1.